The van der Waals surface area contributed by atoms with Crippen LogP contribution in [0.3, 0.4) is 0 Å². The quantitative estimate of drug-likeness (QED) is 0.603. The lowest BCUT2D eigenvalue weighted by molar-refractivity contribution is 0.643. The van der Waals surface area contributed by atoms with Crippen molar-refractivity contribution in [1.29, 1.82) is 0 Å². The van der Waals surface area contributed by atoms with E-state index in [0.29, 0.717) is 16.9 Å². The van der Waals surface area contributed by atoms with Crippen molar-refractivity contribution >= 4 is 22.8 Å². The number of hydrogen-bond acceptors (Lipinski definition) is 6. The predicted octanol–water partition coefficient (Wildman–Crippen LogP) is 0.626. The molecule has 0 fully saturated rings. The van der Waals surface area contributed by atoms with Crippen LogP contribution in [0.2, 0.25) is 0 Å². The molecule has 1 aliphatic rings. The van der Waals surface area contributed by atoms with Crippen molar-refractivity contribution in [3.05, 3.63) is 35.5 Å². The molecule has 21 heavy (non-hydrogen) atoms. The van der Waals surface area contributed by atoms with Gasteiger partial charge in [-0.25, -0.2) is 9.67 Å². The van der Waals surface area contributed by atoms with Crippen LogP contribution in [0, 0.1) is 0 Å². The van der Waals surface area contributed by atoms with Gasteiger partial charge in [0.15, 0.2) is 11.5 Å². The van der Waals surface area contributed by atoms with Crippen LogP contribution in [-0.4, -0.2) is 26.3 Å². The van der Waals surface area contributed by atoms with Crippen LogP contribution in [0.5, 0.6) is 0 Å². The van der Waals surface area contributed by atoms with Crippen LogP contribution in [-0.2, 0) is 13.0 Å². The van der Waals surface area contributed by atoms with E-state index in [0.717, 1.165) is 25.2 Å². The molecule has 3 heterocycles. The van der Waals surface area contributed by atoms with Crippen LogP contribution in [0.4, 0.5) is 11.8 Å². The molecule has 1 aliphatic heterocycles. The molecule has 3 aromatic rings. The highest BCUT2D eigenvalue weighted by Crippen LogP contribution is 2.24. The zero-order valence-electron chi connectivity index (χ0n) is 11.4. The molecule has 0 saturated carbocycles. The fourth-order valence-corrected chi connectivity index (χ4v) is 2.72. The molecular weight excluding hydrogens is 266 g/mol. The zero-order valence-corrected chi connectivity index (χ0v) is 11.4. The van der Waals surface area contributed by atoms with Gasteiger partial charge in [-0.2, -0.15) is 4.98 Å². The highest BCUT2D eigenvalue weighted by Gasteiger charge is 2.14. The third-order valence-corrected chi connectivity index (χ3v) is 3.79. The summed E-state index contributed by atoms with van der Waals surface area (Å²) in [4.78, 5) is 8.23. The normalized spacial score (nSPS) is 14.3. The molecule has 0 aliphatic carbocycles. The Morgan fingerprint density at radius 2 is 2.10 bits per heavy atom. The minimum atomic E-state index is 0.211. The van der Waals surface area contributed by atoms with Gasteiger partial charge >= 0.3 is 0 Å². The van der Waals surface area contributed by atoms with Crippen LogP contribution in [0.15, 0.2) is 24.4 Å². The third kappa shape index (κ3) is 1.90. The number of benzene rings is 1. The first-order valence-electron chi connectivity index (χ1n) is 6.82. The summed E-state index contributed by atoms with van der Waals surface area (Å²) in [7, 11) is 0. The smallest absolute Gasteiger partial charge is 0.222 e. The molecule has 5 N–H and O–H groups in total. The van der Waals surface area contributed by atoms with Gasteiger partial charge in [-0.1, -0.05) is 6.07 Å². The predicted molar refractivity (Wildman–Crippen MR) is 80.9 cm³/mol. The number of anilines is 2. The highest BCUT2D eigenvalue weighted by molar-refractivity contribution is 5.87. The first-order valence-corrected chi connectivity index (χ1v) is 6.82. The number of nitrogens with one attached hydrogen (secondary N) is 1. The summed E-state index contributed by atoms with van der Waals surface area (Å²) in [6.07, 6.45) is 2.66. The fraction of sp³-hybridized carbons (Fsp3) is 0.214. The van der Waals surface area contributed by atoms with Gasteiger partial charge in [-0.3, -0.25) is 0 Å². The number of nitrogen functional groups attached to an aromatic ring is 2. The van der Waals surface area contributed by atoms with Crippen LogP contribution >= 0.6 is 0 Å². The number of rotatable bonds is 1. The fourth-order valence-electron chi connectivity index (χ4n) is 2.72. The Morgan fingerprint density at radius 3 is 3.00 bits per heavy atom. The zero-order chi connectivity index (χ0) is 14.4. The minimum Gasteiger partial charge on any atom is -0.382 e. The number of hydrogen-bond donors (Lipinski definition) is 3. The maximum absolute atomic E-state index is 5.94. The topological polar surface area (TPSA) is 108 Å². The van der Waals surface area contributed by atoms with Gasteiger partial charge in [0.2, 0.25) is 5.95 Å². The number of nitrogens with zero attached hydrogens (tertiary/aromatic N) is 4. The van der Waals surface area contributed by atoms with Gasteiger partial charge in [0.05, 0.1) is 11.1 Å². The standard InChI is InChI=1S/C14H15N7/c15-12-11-7-18-14(16)19-13(11)21(20-12)10-2-1-8-3-4-17-6-9(8)5-10/h1-2,5,7,17H,3-4,6H2,(H2,15,20)(H2,16,18,19). The lowest BCUT2D eigenvalue weighted by Crippen LogP contribution is -2.23. The molecule has 0 unspecified atom stereocenters. The summed E-state index contributed by atoms with van der Waals surface area (Å²) < 4.78 is 1.72. The first-order chi connectivity index (χ1) is 10.2. The molecule has 0 amide bonds. The van der Waals surface area contributed by atoms with E-state index in [9.17, 15) is 0 Å². The molecule has 0 radical (unpaired) electrons. The maximum Gasteiger partial charge on any atom is 0.222 e. The van der Waals surface area contributed by atoms with Gasteiger partial charge in [-0.15, -0.1) is 5.10 Å². The van der Waals surface area contributed by atoms with E-state index in [2.05, 4.69) is 32.5 Å². The van der Waals surface area contributed by atoms with Crippen molar-refractivity contribution in [3.63, 3.8) is 0 Å². The van der Waals surface area contributed by atoms with E-state index in [1.165, 1.54) is 11.1 Å². The largest absolute Gasteiger partial charge is 0.382 e. The highest BCUT2D eigenvalue weighted by atomic mass is 15.3. The number of aromatic nitrogens is 4. The van der Waals surface area contributed by atoms with Gasteiger partial charge in [0, 0.05) is 12.7 Å². The van der Waals surface area contributed by atoms with Gasteiger partial charge < -0.3 is 16.8 Å². The average Bonchev–Trinajstić information content (AvgIpc) is 2.83. The van der Waals surface area contributed by atoms with E-state index in [4.69, 9.17) is 11.5 Å². The average molecular weight is 281 g/mol. The second kappa shape index (κ2) is 4.42. The van der Waals surface area contributed by atoms with Crippen molar-refractivity contribution in [3.8, 4) is 5.69 Å². The Labute approximate surface area is 121 Å². The first kappa shape index (κ1) is 12.1. The summed E-state index contributed by atoms with van der Waals surface area (Å²) in [6, 6.07) is 6.29. The molecule has 0 saturated heterocycles. The van der Waals surface area contributed by atoms with Crippen LogP contribution in [0.1, 0.15) is 11.1 Å². The molecule has 7 nitrogen and oxygen atoms in total. The molecule has 106 valence electrons. The van der Waals surface area contributed by atoms with Crippen LogP contribution < -0.4 is 16.8 Å². The summed E-state index contributed by atoms with van der Waals surface area (Å²) in [5, 5.41) is 8.45. The SMILES string of the molecule is Nc1ncc2c(N)nn(-c3ccc4c(c3)CNCC4)c2n1. The Hall–Kier alpha value is -2.67. The van der Waals surface area contributed by atoms with Gasteiger partial charge in [0.25, 0.3) is 0 Å². The Bertz CT molecular complexity index is 837. The number of nitrogens with two attached hydrogens (primary N) is 2. The van der Waals surface area contributed by atoms with E-state index >= 15 is 0 Å². The van der Waals surface area contributed by atoms with Gasteiger partial charge in [-0.05, 0) is 36.2 Å². The lowest BCUT2D eigenvalue weighted by atomic mass is 10.0. The summed E-state index contributed by atoms with van der Waals surface area (Å²) in [5.74, 6) is 0.615. The summed E-state index contributed by atoms with van der Waals surface area (Å²) in [6.45, 7) is 1.89. The summed E-state index contributed by atoms with van der Waals surface area (Å²) in [5.41, 5.74) is 15.8. The monoisotopic (exact) mass is 281 g/mol. The molecular formula is C14H15N7. The van der Waals surface area contributed by atoms with E-state index in [1.54, 1.807) is 10.9 Å². The molecule has 4 rings (SSSR count). The molecule has 1 aromatic carbocycles. The van der Waals surface area contributed by atoms with E-state index in [-0.39, 0.29) is 5.95 Å². The van der Waals surface area contributed by atoms with E-state index < -0.39 is 0 Å². The molecule has 0 bridgehead atoms. The van der Waals surface area contributed by atoms with Crippen molar-refractivity contribution in [2.45, 2.75) is 13.0 Å². The summed E-state index contributed by atoms with van der Waals surface area (Å²) >= 11 is 0. The molecule has 7 heteroatoms. The van der Waals surface area contributed by atoms with Crippen molar-refractivity contribution < 1.29 is 0 Å². The Morgan fingerprint density at radius 1 is 1.19 bits per heavy atom. The van der Waals surface area contributed by atoms with E-state index in [1.807, 2.05) is 6.07 Å². The molecule has 2 aromatic heterocycles. The van der Waals surface area contributed by atoms with Crippen molar-refractivity contribution in [2.75, 3.05) is 18.0 Å². The van der Waals surface area contributed by atoms with Gasteiger partial charge in [0.1, 0.15) is 0 Å². The van der Waals surface area contributed by atoms with Crippen molar-refractivity contribution in [2.24, 2.45) is 0 Å². The minimum absolute atomic E-state index is 0.211. The lowest BCUT2D eigenvalue weighted by Gasteiger charge is -2.17. The third-order valence-electron chi connectivity index (χ3n) is 3.79. The number of fused-ring (bicyclic) bond motifs is 2. The Balaban J connectivity index is 1.92. The Kier molecular flexibility index (Phi) is 2.55. The van der Waals surface area contributed by atoms with Crippen LogP contribution in [0.25, 0.3) is 16.7 Å². The maximum atomic E-state index is 5.94. The van der Waals surface area contributed by atoms with Crippen molar-refractivity contribution in [1.82, 2.24) is 25.1 Å². The molecule has 0 atom stereocenters. The second-order valence-corrected chi connectivity index (χ2v) is 5.14. The molecule has 0 spiro atoms. The second-order valence-electron chi connectivity index (χ2n) is 5.14.